The predicted octanol–water partition coefficient (Wildman–Crippen LogP) is 3.43. The maximum atomic E-state index is 6.39. The number of hydrogen-bond acceptors (Lipinski definition) is 5. The molecule has 3 heterocycles. The van der Waals surface area contributed by atoms with Gasteiger partial charge in [-0.05, 0) is 43.7 Å². The van der Waals surface area contributed by atoms with Gasteiger partial charge >= 0.3 is 0 Å². The molecule has 26 heavy (non-hydrogen) atoms. The molecule has 3 aliphatic rings. The zero-order chi connectivity index (χ0) is 17.6. The highest BCUT2D eigenvalue weighted by molar-refractivity contribution is 5.48. The quantitative estimate of drug-likeness (QED) is 0.848. The van der Waals surface area contributed by atoms with Crippen molar-refractivity contribution < 1.29 is 9.47 Å². The minimum atomic E-state index is -0.219. The molecule has 0 amide bonds. The van der Waals surface area contributed by atoms with E-state index in [-0.39, 0.29) is 5.60 Å². The summed E-state index contributed by atoms with van der Waals surface area (Å²) in [5.74, 6) is 2.69. The van der Waals surface area contributed by atoms with Crippen molar-refractivity contribution in [3.05, 3.63) is 47.4 Å². The number of anilines is 1. The lowest BCUT2D eigenvalue weighted by molar-refractivity contribution is -0.0780. The molecule has 0 bridgehead atoms. The van der Waals surface area contributed by atoms with Gasteiger partial charge in [0.15, 0.2) is 0 Å². The Hall–Kier alpha value is -2.14. The van der Waals surface area contributed by atoms with Crippen molar-refractivity contribution in [2.75, 3.05) is 31.7 Å². The molecule has 2 fully saturated rings. The maximum absolute atomic E-state index is 6.39. The summed E-state index contributed by atoms with van der Waals surface area (Å²) in [6.45, 7) is 2.68. The Bertz CT molecular complexity index is 796. The van der Waals surface area contributed by atoms with E-state index in [0.29, 0.717) is 5.92 Å². The lowest BCUT2D eigenvalue weighted by Gasteiger charge is -2.45. The lowest BCUT2D eigenvalue weighted by Crippen LogP contribution is -2.47. The molecule has 1 spiro atoms. The molecule has 0 radical (unpaired) electrons. The smallest absolute Gasteiger partial charge is 0.132 e. The van der Waals surface area contributed by atoms with Crippen LogP contribution in [0.3, 0.4) is 0 Å². The normalized spacial score (nSPS) is 21.5. The van der Waals surface area contributed by atoms with Crippen LogP contribution in [0.25, 0.3) is 0 Å². The Labute approximate surface area is 154 Å². The molecule has 5 nitrogen and oxygen atoms in total. The monoisotopic (exact) mass is 351 g/mol. The molecule has 1 saturated carbocycles. The topological polar surface area (TPSA) is 47.5 Å². The molecule has 136 valence electrons. The number of rotatable bonds is 3. The Kier molecular flexibility index (Phi) is 3.85. The van der Waals surface area contributed by atoms with Gasteiger partial charge in [0.2, 0.25) is 0 Å². The summed E-state index contributed by atoms with van der Waals surface area (Å²) in [6.07, 6.45) is 7.15. The van der Waals surface area contributed by atoms with Gasteiger partial charge in [0, 0.05) is 36.3 Å². The fourth-order valence-electron chi connectivity index (χ4n) is 4.53. The van der Waals surface area contributed by atoms with Crippen LogP contribution in [0.5, 0.6) is 5.75 Å². The molecule has 5 heteroatoms. The van der Waals surface area contributed by atoms with Gasteiger partial charge in [-0.2, -0.15) is 0 Å². The van der Waals surface area contributed by atoms with Crippen LogP contribution in [0.1, 0.15) is 48.4 Å². The van der Waals surface area contributed by atoms with Crippen LogP contribution in [0.2, 0.25) is 0 Å². The number of benzene rings is 1. The second-order valence-electron chi connectivity index (χ2n) is 7.65. The SMILES string of the molecule is COc1cccc2c1C1(CCN(c3cc(C4CC4)ncn3)CC1)OCC2. The highest BCUT2D eigenvalue weighted by Gasteiger charge is 2.43. The fraction of sp³-hybridized carbons (Fsp3) is 0.524. The third-order valence-electron chi connectivity index (χ3n) is 6.10. The number of nitrogens with zero attached hydrogens (tertiary/aromatic N) is 3. The number of ether oxygens (including phenoxy) is 2. The molecule has 5 rings (SSSR count). The van der Waals surface area contributed by atoms with E-state index in [9.17, 15) is 0 Å². The number of hydrogen-bond donors (Lipinski definition) is 0. The Balaban J connectivity index is 1.40. The van der Waals surface area contributed by atoms with Crippen molar-refractivity contribution in [2.45, 2.75) is 43.6 Å². The number of methoxy groups -OCH3 is 1. The summed E-state index contributed by atoms with van der Waals surface area (Å²) in [6, 6.07) is 8.56. The number of fused-ring (bicyclic) bond motifs is 2. The van der Waals surface area contributed by atoms with Crippen LogP contribution in [-0.4, -0.2) is 36.8 Å². The van der Waals surface area contributed by atoms with Gasteiger partial charge in [0.25, 0.3) is 0 Å². The van der Waals surface area contributed by atoms with Gasteiger partial charge in [-0.15, -0.1) is 0 Å². The molecule has 1 aromatic carbocycles. The van der Waals surface area contributed by atoms with Crippen molar-refractivity contribution in [3.8, 4) is 5.75 Å². The zero-order valence-electron chi connectivity index (χ0n) is 15.3. The average Bonchev–Trinajstić information content (AvgIpc) is 3.54. The van der Waals surface area contributed by atoms with Crippen molar-refractivity contribution >= 4 is 5.82 Å². The summed E-state index contributed by atoms with van der Waals surface area (Å²) < 4.78 is 12.1. The molecule has 1 saturated heterocycles. The van der Waals surface area contributed by atoms with Crippen molar-refractivity contribution in [2.24, 2.45) is 0 Å². The third-order valence-corrected chi connectivity index (χ3v) is 6.10. The predicted molar refractivity (Wildman–Crippen MR) is 99.8 cm³/mol. The Morgan fingerprint density at radius 1 is 1.19 bits per heavy atom. The van der Waals surface area contributed by atoms with Gasteiger partial charge in [0.05, 0.1) is 13.7 Å². The minimum absolute atomic E-state index is 0.219. The molecular formula is C21H25N3O2. The molecular weight excluding hydrogens is 326 g/mol. The Morgan fingerprint density at radius 2 is 2.04 bits per heavy atom. The summed E-state index contributed by atoms with van der Waals surface area (Å²) in [5.41, 5.74) is 3.64. The van der Waals surface area contributed by atoms with Crippen LogP contribution < -0.4 is 9.64 Å². The first-order valence-corrected chi connectivity index (χ1v) is 9.66. The van der Waals surface area contributed by atoms with Gasteiger partial charge in [-0.3, -0.25) is 0 Å². The minimum Gasteiger partial charge on any atom is -0.496 e. The summed E-state index contributed by atoms with van der Waals surface area (Å²) in [7, 11) is 1.76. The highest BCUT2D eigenvalue weighted by atomic mass is 16.5. The highest BCUT2D eigenvalue weighted by Crippen LogP contribution is 2.46. The second-order valence-corrected chi connectivity index (χ2v) is 7.65. The summed E-state index contributed by atoms with van der Waals surface area (Å²) >= 11 is 0. The maximum Gasteiger partial charge on any atom is 0.132 e. The van der Waals surface area contributed by atoms with Crippen LogP contribution in [0.15, 0.2) is 30.6 Å². The van der Waals surface area contributed by atoms with Crippen LogP contribution >= 0.6 is 0 Å². The van der Waals surface area contributed by atoms with Crippen LogP contribution in [0.4, 0.5) is 5.82 Å². The molecule has 0 N–H and O–H groups in total. The van der Waals surface area contributed by atoms with Crippen molar-refractivity contribution in [3.63, 3.8) is 0 Å². The molecule has 1 aliphatic carbocycles. The van der Waals surface area contributed by atoms with Crippen molar-refractivity contribution in [1.29, 1.82) is 0 Å². The molecule has 0 atom stereocenters. The first kappa shape index (κ1) is 16.1. The van der Waals surface area contributed by atoms with Crippen LogP contribution in [0, 0.1) is 0 Å². The first-order chi connectivity index (χ1) is 12.8. The van der Waals surface area contributed by atoms with Gasteiger partial charge in [-0.1, -0.05) is 12.1 Å². The van der Waals surface area contributed by atoms with Gasteiger partial charge < -0.3 is 14.4 Å². The zero-order valence-corrected chi connectivity index (χ0v) is 15.3. The average molecular weight is 351 g/mol. The van der Waals surface area contributed by atoms with E-state index in [0.717, 1.165) is 50.5 Å². The van der Waals surface area contributed by atoms with E-state index in [1.54, 1.807) is 13.4 Å². The fourth-order valence-corrected chi connectivity index (χ4v) is 4.53. The van der Waals surface area contributed by atoms with E-state index in [1.807, 2.05) is 0 Å². The summed E-state index contributed by atoms with van der Waals surface area (Å²) in [5, 5.41) is 0. The van der Waals surface area contributed by atoms with E-state index >= 15 is 0 Å². The molecule has 2 aliphatic heterocycles. The number of piperidine rings is 1. The molecule has 1 aromatic heterocycles. The third kappa shape index (κ3) is 2.65. The largest absolute Gasteiger partial charge is 0.496 e. The van der Waals surface area contributed by atoms with E-state index in [1.165, 1.54) is 29.7 Å². The number of aromatic nitrogens is 2. The van der Waals surface area contributed by atoms with Crippen molar-refractivity contribution in [1.82, 2.24) is 9.97 Å². The standard InChI is InChI=1S/C21H25N3O2/c1-25-18-4-2-3-16-7-12-26-21(20(16)18)8-10-24(11-9-21)19-13-17(15-5-6-15)22-14-23-19/h2-4,13-15H,5-12H2,1H3. The second kappa shape index (κ2) is 6.23. The van der Waals surface area contributed by atoms with E-state index < -0.39 is 0 Å². The summed E-state index contributed by atoms with van der Waals surface area (Å²) in [4.78, 5) is 11.4. The molecule has 0 unspecified atom stereocenters. The van der Waals surface area contributed by atoms with E-state index in [4.69, 9.17) is 9.47 Å². The van der Waals surface area contributed by atoms with Gasteiger partial charge in [0.1, 0.15) is 23.5 Å². The molecule has 2 aromatic rings. The lowest BCUT2D eigenvalue weighted by atomic mass is 9.79. The van der Waals surface area contributed by atoms with E-state index in [2.05, 4.69) is 39.1 Å². The van der Waals surface area contributed by atoms with Crippen LogP contribution in [-0.2, 0) is 16.8 Å². The first-order valence-electron chi connectivity index (χ1n) is 9.66. The Morgan fingerprint density at radius 3 is 2.81 bits per heavy atom. The van der Waals surface area contributed by atoms with Gasteiger partial charge in [-0.25, -0.2) is 9.97 Å².